The van der Waals surface area contributed by atoms with Crippen molar-refractivity contribution < 1.29 is 33.4 Å². The fourth-order valence-corrected chi connectivity index (χ4v) is 2.30. The lowest BCUT2D eigenvalue weighted by Crippen LogP contribution is -2.45. The number of hydrogen-bond donors (Lipinski definition) is 3. The molecule has 0 aliphatic rings. The Balaban J connectivity index is 4.14. The van der Waals surface area contributed by atoms with Crippen molar-refractivity contribution in [3.05, 3.63) is 0 Å². The van der Waals surface area contributed by atoms with E-state index >= 15 is 0 Å². The molecule has 0 aromatic rings. The van der Waals surface area contributed by atoms with E-state index in [1.165, 1.54) is 21.3 Å². The minimum Gasteiger partial charge on any atom is -0.469 e. The molecule has 0 aromatic carbocycles. The van der Waals surface area contributed by atoms with Crippen LogP contribution in [0.25, 0.3) is 0 Å². The lowest BCUT2D eigenvalue weighted by atomic mass is 10.1. The van der Waals surface area contributed by atoms with Gasteiger partial charge in [0.05, 0.1) is 13.5 Å². The van der Waals surface area contributed by atoms with E-state index in [1.54, 1.807) is 0 Å². The van der Waals surface area contributed by atoms with Crippen molar-refractivity contribution in [3.63, 3.8) is 0 Å². The van der Waals surface area contributed by atoms with E-state index in [-0.39, 0.29) is 55.8 Å². The first kappa shape index (κ1) is 25.5. The van der Waals surface area contributed by atoms with Crippen molar-refractivity contribution in [1.82, 2.24) is 16.0 Å². The normalized spacial score (nSPS) is 11.2. The van der Waals surface area contributed by atoms with Crippen molar-refractivity contribution >= 4 is 29.5 Å². The molecule has 0 spiro atoms. The fourth-order valence-electron chi connectivity index (χ4n) is 2.30. The fraction of sp³-hybridized carbons (Fsp3) is 0.722. The van der Waals surface area contributed by atoms with Gasteiger partial charge in [0.2, 0.25) is 17.7 Å². The molecule has 10 heteroatoms. The highest BCUT2D eigenvalue weighted by atomic mass is 16.5. The Bertz CT molecular complexity index is 537. The molecule has 0 aliphatic carbocycles. The molecule has 0 fully saturated rings. The van der Waals surface area contributed by atoms with Gasteiger partial charge in [0.1, 0.15) is 12.6 Å². The van der Waals surface area contributed by atoms with Crippen LogP contribution < -0.4 is 16.0 Å². The molecule has 0 heterocycles. The molecule has 0 bridgehead atoms. The van der Waals surface area contributed by atoms with Gasteiger partial charge in [0.15, 0.2) is 5.78 Å². The SMILES string of the molecule is CNC(=O)C(CCCCNC(=O)CCC(=O)OC)NC(=O)CCC(=O)COC. The topological polar surface area (TPSA) is 140 Å². The zero-order valence-corrected chi connectivity index (χ0v) is 16.8. The van der Waals surface area contributed by atoms with Crippen LogP contribution in [-0.2, 0) is 33.4 Å². The number of rotatable bonds is 15. The maximum Gasteiger partial charge on any atom is 0.306 e. The summed E-state index contributed by atoms with van der Waals surface area (Å²) in [4.78, 5) is 57.7. The minimum atomic E-state index is -0.704. The maximum absolute atomic E-state index is 11.9. The second kappa shape index (κ2) is 15.6. The van der Waals surface area contributed by atoms with Crippen molar-refractivity contribution in [1.29, 1.82) is 0 Å². The predicted molar refractivity (Wildman–Crippen MR) is 100 cm³/mol. The van der Waals surface area contributed by atoms with Gasteiger partial charge in [0.25, 0.3) is 0 Å². The average molecular weight is 401 g/mol. The molecular formula is C18H31N3O7. The van der Waals surface area contributed by atoms with E-state index in [1.807, 2.05) is 0 Å². The highest BCUT2D eigenvalue weighted by Crippen LogP contribution is 2.03. The quantitative estimate of drug-likeness (QED) is 0.247. The first-order valence-electron chi connectivity index (χ1n) is 9.19. The summed E-state index contributed by atoms with van der Waals surface area (Å²) in [6.45, 7) is 0.359. The minimum absolute atomic E-state index is 0.00800. The Hall–Kier alpha value is -2.49. The number of unbranched alkanes of at least 4 members (excludes halogenated alkanes) is 1. The van der Waals surface area contributed by atoms with Crippen LogP contribution in [0.15, 0.2) is 0 Å². The van der Waals surface area contributed by atoms with E-state index in [4.69, 9.17) is 4.74 Å². The zero-order chi connectivity index (χ0) is 21.4. The molecule has 1 atom stereocenters. The lowest BCUT2D eigenvalue weighted by molar-refractivity contribution is -0.142. The molecule has 0 aromatic heterocycles. The Kier molecular flexibility index (Phi) is 14.2. The molecular weight excluding hydrogens is 370 g/mol. The van der Waals surface area contributed by atoms with Gasteiger partial charge in [-0.25, -0.2) is 0 Å². The van der Waals surface area contributed by atoms with E-state index in [0.717, 1.165) is 0 Å². The van der Waals surface area contributed by atoms with E-state index in [9.17, 15) is 24.0 Å². The van der Waals surface area contributed by atoms with Crippen molar-refractivity contribution in [2.75, 3.05) is 34.4 Å². The van der Waals surface area contributed by atoms with Crippen LogP contribution in [-0.4, -0.2) is 69.9 Å². The summed E-state index contributed by atoms with van der Waals surface area (Å²) in [6, 6.07) is -0.704. The van der Waals surface area contributed by atoms with Crippen LogP contribution in [0.4, 0.5) is 0 Å². The standard InChI is InChI=1S/C18H31N3O7/c1-19-18(26)14(21-16(24)8-7-13(22)12-27-2)6-4-5-11-20-15(23)9-10-17(25)28-3/h14H,4-12H2,1-3H3,(H,19,26)(H,20,23)(H,21,24). The Morgan fingerprint density at radius 3 is 2.18 bits per heavy atom. The summed E-state index contributed by atoms with van der Waals surface area (Å²) in [5.74, 6) is -1.57. The molecule has 1 unspecified atom stereocenters. The van der Waals surface area contributed by atoms with Gasteiger partial charge >= 0.3 is 5.97 Å². The van der Waals surface area contributed by atoms with Gasteiger partial charge in [-0.2, -0.15) is 0 Å². The van der Waals surface area contributed by atoms with Crippen LogP contribution in [0, 0.1) is 0 Å². The zero-order valence-electron chi connectivity index (χ0n) is 16.8. The summed E-state index contributed by atoms with van der Waals surface area (Å²) in [7, 11) is 4.14. The highest BCUT2D eigenvalue weighted by molar-refractivity contribution is 5.89. The molecule has 3 amide bonds. The van der Waals surface area contributed by atoms with Crippen molar-refractivity contribution in [3.8, 4) is 0 Å². The first-order chi connectivity index (χ1) is 13.3. The predicted octanol–water partition coefficient (Wildman–Crippen LogP) is -0.547. The Morgan fingerprint density at radius 1 is 0.893 bits per heavy atom. The first-order valence-corrected chi connectivity index (χ1v) is 9.19. The third-order valence-corrected chi connectivity index (χ3v) is 3.86. The largest absolute Gasteiger partial charge is 0.469 e. The number of hydrogen-bond acceptors (Lipinski definition) is 7. The number of carbonyl (C=O) groups is 5. The van der Waals surface area contributed by atoms with E-state index < -0.39 is 12.0 Å². The molecule has 0 rings (SSSR count). The Labute approximate surface area is 165 Å². The molecule has 28 heavy (non-hydrogen) atoms. The number of carbonyl (C=O) groups excluding carboxylic acids is 5. The Morgan fingerprint density at radius 2 is 1.57 bits per heavy atom. The summed E-state index contributed by atoms with van der Waals surface area (Å²) < 4.78 is 9.16. The second-order valence-electron chi connectivity index (χ2n) is 6.13. The third-order valence-electron chi connectivity index (χ3n) is 3.86. The number of ether oxygens (including phenoxy) is 2. The summed E-state index contributed by atoms with van der Waals surface area (Å²) >= 11 is 0. The number of amides is 3. The molecule has 0 radical (unpaired) electrons. The van der Waals surface area contributed by atoms with Crippen molar-refractivity contribution in [2.24, 2.45) is 0 Å². The number of nitrogens with one attached hydrogen (secondary N) is 3. The lowest BCUT2D eigenvalue weighted by Gasteiger charge is -2.17. The van der Waals surface area contributed by atoms with Gasteiger partial charge in [-0.15, -0.1) is 0 Å². The molecule has 0 saturated heterocycles. The number of likely N-dealkylation sites (N-methyl/N-ethyl adjacent to an activating group) is 1. The van der Waals surface area contributed by atoms with E-state index in [2.05, 4.69) is 20.7 Å². The molecule has 160 valence electrons. The van der Waals surface area contributed by atoms with Crippen LogP contribution >= 0.6 is 0 Å². The van der Waals surface area contributed by atoms with Crippen LogP contribution in [0.1, 0.15) is 44.9 Å². The summed E-state index contributed by atoms with van der Waals surface area (Å²) in [6.07, 6.45) is 1.74. The molecule has 10 nitrogen and oxygen atoms in total. The van der Waals surface area contributed by atoms with Gasteiger partial charge in [0, 0.05) is 40.0 Å². The number of Topliss-reactive ketones (excluding diaryl/α,β-unsaturated/α-hetero) is 1. The van der Waals surface area contributed by atoms with Crippen molar-refractivity contribution in [2.45, 2.75) is 51.0 Å². The average Bonchev–Trinajstić information content (AvgIpc) is 2.68. The number of ketones is 1. The van der Waals surface area contributed by atoms with Gasteiger partial charge in [-0.05, 0) is 19.3 Å². The van der Waals surface area contributed by atoms with Crippen LogP contribution in [0.3, 0.4) is 0 Å². The van der Waals surface area contributed by atoms with Gasteiger partial charge < -0.3 is 25.4 Å². The monoisotopic (exact) mass is 401 g/mol. The maximum atomic E-state index is 11.9. The molecule has 3 N–H and O–H groups in total. The highest BCUT2D eigenvalue weighted by Gasteiger charge is 2.19. The molecule has 0 aliphatic heterocycles. The smallest absolute Gasteiger partial charge is 0.306 e. The number of esters is 1. The van der Waals surface area contributed by atoms with Gasteiger partial charge in [-0.3, -0.25) is 24.0 Å². The summed E-state index contributed by atoms with van der Waals surface area (Å²) in [5.41, 5.74) is 0. The van der Waals surface area contributed by atoms with Crippen LogP contribution in [0.5, 0.6) is 0 Å². The van der Waals surface area contributed by atoms with Gasteiger partial charge in [-0.1, -0.05) is 0 Å². The molecule has 0 saturated carbocycles. The summed E-state index contributed by atoms with van der Waals surface area (Å²) in [5, 5.41) is 7.80. The third kappa shape index (κ3) is 12.8. The number of methoxy groups -OCH3 is 2. The second-order valence-corrected chi connectivity index (χ2v) is 6.13. The van der Waals surface area contributed by atoms with E-state index in [0.29, 0.717) is 25.8 Å². The van der Waals surface area contributed by atoms with Crippen LogP contribution in [0.2, 0.25) is 0 Å².